The van der Waals surface area contributed by atoms with E-state index in [-0.39, 0.29) is 12.1 Å². The normalized spacial score (nSPS) is 17.3. The van der Waals surface area contributed by atoms with E-state index in [1.807, 2.05) is 26.0 Å². The number of benzene rings is 1. The van der Waals surface area contributed by atoms with E-state index in [4.69, 9.17) is 0 Å². The highest BCUT2D eigenvalue weighted by atomic mass is 16.2. The molecule has 2 N–H and O–H groups in total. The van der Waals surface area contributed by atoms with Crippen LogP contribution in [0, 0.1) is 13.8 Å². The molecular weight excluding hydrogens is 262 g/mol. The van der Waals surface area contributed by atoms with E-state index in [0.717, 1.165) is 36.4 Å². The molecule has 1 aromatic rings. The number of carbonyl (C=O) groups excluding carboxylic acids is 1. The van der Waals surface area contributed by atoms with Crippen molar-refractivity contribution < 1.29 is 4.79 Å². The van der Waals surface area contributed by atoms with Gasteiger partial charge in [-0.1, -0.05) is 12.5 Å². The van der Waals surface area contributed by atoms with Crippen LogP contribution in [0.5, 0.6) is 0 Å². The van der Waals surface area contributed by atoms with Crippen molar-refractivity contribution in [2.45, 2.75) is 46.1 Å². The van der Waals surface area contributed by atoms with Crippen LogP contribution in [0.1, 0.15) is 37.3 Å². The Hall–Kier alpha value is -1.55. The van der Waals surface area contributed by atoms with Gasteiger partial charge in [-0.2, -0.15) is 0 Å². The van der Waals surface area contributed by atoms with Crippen LogP contribution in [-0.2, 0) is 0 Å². The molecule has 2 rings (SSSR count). The van der Waals surface area contributed by atoms with Crippen LogP contribution in [0.15, 0.2) is 18.2 Å². The number of aryl methyl sites for hydroxylation is 2. The fourth-order valence-corrected chi connectivity index (χ4v) is 3.01. The van der Waals surface area contributed by atoms with Crippen molar-refractivity contribution in [3.63, 3.8) is 0 Å². The maximum absolute atomic E-state index is 12.0. The van der Waals surface area contributed by atoms with Crippen molar-refractivity contribution >= 4 is 11.7 Å². The molecule has 2 amide bonds. The minimum absolute atomic E-state index is 0.121. The molecule has 1 heterocycles. The molecular formula is C17H27N3O. The average Bonchev–Trinajstić information content (AvgIpc) is 2.37. The molecule has 0 radical (unpaired) electrons. The number of likely N-dealkylation sites (tertiary alicyclic amines) is 1. The second-order valence-electron chi connectivity index (χ2n) is 6.24. The van der Waals surface area contributed by atoms with E-state index in [2.05, 4.69) is 28.5 Å². The number of hydrogen-bond acceptors (Lipinski definition) is 2. The van der Waals surface area contributed by atoms with E-state index >= 15 is 0 Å². The highest BCUT2D eigenvalue weighted by Gasteiger charge is 2.14. The largest absolute Gasteiger partial charge is 0.334 e. The van der Waals surface area contributed by atoms with Gasteiger partial charge in [0.25, 0.3) is 0 Å². The van der Waals surface area contributed by atoms with E-state index in [0.29, 0.717) is 0 Å². The van der Waals surface area contributed by atoms with E-state index < -0.39 is 0 Å². The van der Waals surface area contributed by atoms with Gasteiger partial charge in [0.1, 0.15) is 0 Å². The molecule has 4 nitrogen and oxygen atoms in total. The van der Waals surface area contributed by atoms with Crippen molar-refractivity contribution in [1.82, 2.24) is 10.2 Å². The van der Waals surface area contributed by atoms with Crippen molar-refractivity contribution in [1.29, 1.82) is 0 Å². The Labute approximate surface area is 127 Å². The third kappa shape index (κ3) is 5.38. The van der Waals surface area contributed by atoms with E-state index in [1.165, 1.54) is 19.3 Å². The number of urea groups is 1. The summed E-state index contributed by atoms with van der Waals surface area (Å²) in [5, 5.41) is 5.95. The first-order chi connectivity index (χ1) is 10.0. The standard InChI is InChI=1S/C17H27N3O/c1-13-9-14(2)11-16(10-13)19-17(21)18-15(3)12-20-7-5-4-6-8-20/h9-11,15H,4-8,12H2,1-3H3,(H2,18,19,21)/t15-/m0/s1. The number of rotatable bonds is 4. The van der Waals surface area contributed by atoms with Crippen molar-refractivity contribution in [2.75, 3.05) is 25.0 Å². The second-order valence-corrected chi connectivity index (χ2v) is 6.24. The third-order valence-corrected chi connectivity index (χ3v) is 3.84. The fraction of sp³-hybridized carbons (Fsp3) is 0.588. The van der Waals surface area contributed by atoms with Crippen LogP contribution in [0.4, 0.5) is 10.5 Å². The summed E-state index contributed by atoms with van der Waals surface area (Å²) in [4.78, 5) is 14.5. The van der Waals surface area contributed by atoms with Crippen LogP contribution in [0.2, 0.25) is 0 Å². The Morgan fingerprint density at radius 1 is 1.14 bits per heavy atom. The summed E-state index contributed by atoms with van der Waals surface area (Å²) in [5.74, 6) is 0. The Kier molecular flexibility index (Phi) is 5.62. The summed E-state index contributed by atoms with van der Waals surface area (Å²) < 4.78 is 0. The molecule has 1 aromatic carbocycles. The Bertz CT molecular complexity index is 461. The molecule has 1 aliphatic rings. The van der Waals surface area contributed by atoms with E-state index in [9.17, 15) is 4.79 Å². The molecule has 1 atom stereocenters. The third-order valence-electron chi connectivity index (χ3n) is 3.84. The van der Waals surface area contributed by atoms with Crippen molar-refractivity contribution in [2.24, 2.45) is 0 Å². The van der Waals surface area contributed by atoms with Crippen LogP contribution >= 0.6 is 0 Å². The lowest BCUT2D eigenvalue weighted by molar-refractivity contribution is 0.206. The average molecular weight is 289 g/mol. The zero-order chi connectivity index (χ0) is 15.2. The monoisotopic (exact) mass is 289 g/mol. The van der Waals surface area contributed by atoms with Crippen LogP contribution in [-0.4, -0.2) is 36.6 Å². The summed E-state index contributed by atoms with van der Waals surface area (Å²) in [6.07, 6.45) is 3.90. The van der Waals surface area contributed by atoms with Crippen LogP contribution < -0.4 is 10.6 Å². The molecule has 21 heavy (non-hydrogen) atoms. The number of amides is 2. The molecule has 4 heteroatoms. The first kappa shape index (κ1) is 15.8. The summed E-state index contributed by atoms with van der Waals surface area (Å²) in [6.45, 7) is 9.38. The van der Waals surface area contributed by atoms with Gasteiger partial charge in [0.05, 0.1) is 0 Å². The van der Waals surface area contributed by atoms with Gasteiger partial charge in [-0.25, -0.2) is 4.79 Å². The molecule has 0 bridgehead atoms. The number of piperidine rings is 1. The maximum atomic E-state index is 12.0. The molecule has 0 aromatic heterocycles. The molecule has 0 aliphatic carbocycles. The second kappa shape index (κ2) is 7.46. The molecule has 0 unspecified atom stereocenters. The molecule has 0 saturated carbocycles. The maximum Gasteiger partial charge on any atom is 0.319 e. The van der Waals surface area contributed by atoms with Gasteiger partial charge in [-0.05, 0) is 70.0 Å². The molecule has 116 valence electrons. The SMILES string of the molecule is Cc1cc(C)cc(NC(=O)N[C@@H](C)CN2CCCCC2)c1. The molecule has 1 saturated heterocycles. The van der Waals surface area contributed by atoms with Crippen molar-refractivity contribution in [3.8, 4) is 0 Å². The van der Waals surface area contributed by atoms with E-state index in [1.54, 1.807) is 0 Å². The quantitative estimate of drug-likeness (QED) is 0.893. The number of anilines is 1. The lowest BCUT2D eigenvalue weighted by atomic mass is 10.1. The predicted molar refractivity (Wildman–Crippen MR) is 87.8 cm³/mol. The Morgan fingerprint density at radius 2 is 1.76 bits per heavy atom. The lowest BCUT2D eigenvalue weighted by Crippen LogP contribution is -2.45. The first-order valence-electron chi connectivity index (χ1n) is 7.91. The van der Waals surface area contributed by atoms with Gasteiger partial charge in [0.15, 0.2) is 0 Å². The number of carbonyl (C=O) groups is 1. The molecule has 1 fully saturated rings. The highest BCUT2D eigenvalue weighted by molar-refractivity contribution is 5.89. The van der Waals surface area contributed by atoms with Gasteiger partial charge in [-0.3, -0.25) is 0 Å². The smallest absolute Gasteiger partial charge is 0.319 e. The summed E-state index contributed by atoms with van der Waals surface area (Å²) >= 11 is 0. The minimum atomic E-state index is -0.121. The highest BCUT2D eigenvalue weighted by Crippen LogP contribution is 2.13. The summed E-state index contributed by atoms with van der Waals surface area (Å²) in [5.41, 5.74) is 3.17. The van der Waals surface area contributed by atoms with Gasteiger partial charge in [0.2, 0.25) is 0 Å². The zero-order valence-corrected chi connectivity index (χ0v) is 13.4. The van der Waals surface area contributed by atoms with Gasteiger partial charge >= 0.3 is 6.03 Å². The fourth-order valence-electron chi connectivity index (χ4n) is 3.01. The van der Waals surface area contributed by atoms with Gasteiger partial charge in [0, 0.05) is 18.3 Å². The summed E-state index contributed by atoms with van der Waals surface area (Å²) in [7, 11) is 0. The summed E-state index contributed by atoms with van der Waals surface area (Å²) in [6, 6.07) is 6.12. The Balaban J connectivity index is 1.80. The van der Waals surface area contributed by atoms with Gasteiger partial charge in [-0.15, -0.1) is 0 Å². The minimum Gasteiger partial charge on any atom is -0.334 e. The molecule has 1 aliphatic heterocycles. The molecule has 0 spiro atoms. The first-order valence-corrected chi connectivity index (χ1v) is 7.91. The number of hydrogen-bond donors (Lipinski definition) is 2. The predicted octanol–water partition coefficient (Wildman–Crippen LogP) is 3.30. The van der Waals surface area contributed by atoms with Gasteiger partial charge < -0.3 is 15.5 Å². The van der Waals surface area contributed by atoms with Crippen LogP contribution in [0.25, 0.3) is 0 Å². The number of nitrogens with zero attached hydrogens (tertiary/aromatic N) is 1. The zero-order valence-electron chi connectivity index (χ0n) is 13.4. The lowest BCUT2D eigenvalue weighted by Gasteiger charge is -2.29. The topological polar surface area (TPSA) is 44.4 Å². The van der Waals surface area contributed by atoms with Crippen LogP contribution in [0.3, 0.4) is 0 Å². The number of nitrogens with one attached hydrogen (secondary N) is 2. The Morgan fingerprint density at radius 3 is 2.38 bits per heavy atom. The van der Waals surface area contributed by atoms with Crippen molar-refractivity contribution in [3.05, 3.63) is 29.3 Å².